The molecule has 0 aromatic rings. The molecule has 1 fully saturated rings. The van der Waals surface area contributed by atoms with E-state index in [4.69, 9.17) is 15.2 Å². The Labute approximate surface area is 120 Å². The molecule has 3 N–H and O–H groups in total. The summed E-state index contributed by atoms with van der Waals surface area (Å²) in [4.78, 5) is 11.5. The fourth-order valence-corrected chi connectivity index (χ4v) is 3.07. The van der Waals surface area contributed by atoms with Crippen LogP contribution in [0.2, 0.25) is 0 Å². The molecule has 0 aromatic carbocycles. The SMILES string of the molecule is NCCOCCNC(=O)OC[C@@H]1[C@@H]2CC/C=C\CC[C@@H]21. The summed E-state index contributed by atoms with van der Waals surface area (Å²) in [6.07, 6.45) is 9.04. The van der Waals surface area contributed by atoms with Gasteiger partial charge in [0.1, 0.15) is 0 Å². The molecule has 114 valence electrons. The minimum absolute atomic E-state index is 0.334. The molecule has 2 rings (SSSR count). The normalized spacial score (nSPS) is 29.8. The molecule has 0 saturated heterocycles. The van der Waals surface area contributed by atoms with Crippen LogP contribution in [0.3, 0.4) is 0 Å². The van der Waals surface area contributed by atoms with Crippen LogP contribution in [-0.2, 0) is 9.47 Å². The van der Waals surface area contributed by atoms with Gasteiger partial charge in [-0.05, 0) is 43.4 Å². The predicted molar refractivity (Wildman–Crippen MR) is 77.3 cm³/mol. The van der Waals surface area contributed by atoms with Gasteiger partial charge in [0.05, 0.1) is 19.8 Å². The molecule has 3 atom stereocenters. The molecule has 0 unspecified atom stereocenters. The zero-order chi connectivity index (χ0) is 14.2. The number of allylic oxidation sites excluding steroid dienone is 2. The van der Waals surface area contributed by atoms with Crippen LogP contribution < -0.4 is 11.1 Å². The molecule has 0 aromatic heterocycles. The lowest BCUT2D eigenvalue weighted by molar-refractivity contribution is 0.121. The average molecular weight is 282 g/mol. The van der Waals surface area contributed by atoms with E-state index < -0.39 is 0 Å². The molecule has 0 heterocycles. The molecule has 0 aliphatic heterocycles. The van der Waals surface area contributed by atoms with Crippen molar-refractivity contribution in [3.05, 3.63) is 12.2 Å². The topological polar surface area (TPSA) is 73.6 Å². The monoisotopic (exact) mass is 282 g/mol. The number of carbonyl (C=O) groups excluding carboxylic acids is 1. The summed E-state index contributed by atoms with van der Waals surface area (Å²) in [5.74, 6) is 2.11. The summed E-state index contributed by atoms with van der Waals surface area (Å²) in [6.45, 7) is 2.54. The van der Waals surface area contributed by atoms with E-state index >= 15 is 0 Å². The van der Waals surface area contributed by atoms with E-state index in [1.165, 1.54) is 25.7 Å². The zero-order valence-electron chi connectivity index (χ0n) is 12.1. The van der Waals surface area contributed by atoms with Gasteiger partial charge in [0.2, 0.25) is 0 Å². The third kappa shape index (κ3) is 4.80. The Hall–Kier alpha value is -1.07. The lowest BCUT2D eigenvalue weighted by atomic mass is 10.1. The van der Waals surface area contributed by atoms with Crippen molar-refractivity contribution in [1.82, 2.24) is 5.32 Å². The van der Waals surface area contributed by atoms with Crippen molar-refractivity contribution in [3.63, 3.8) is 0 Å². The third-order valence-corrected chi connectivity index (χ3v) is 4.19. The summed E-state index contributed by atoms with van der Waals surface area (Å²) in [5, 5.41) is 2.69. The van der Waals surface area contributed by atoms with Gasteiger partial charge < -0.3 is 20.5 Å². The molecule has 2 aliphatic rings. The molecule has 2 aliphatic carbocycles. The van der Waals surface area contributed by atoms with E-state index in [1.807, 2.05) is 0 Å². The van der Waals surface area contributed by atoms with Crippen LogP contribution in [0.15, 0.2) is 12.2 Å². The molecular weight excluding hydrogens is 256 g/mol. The van der Waals surface area contributed by atoms with Gasteiger partial charge in [0.15, 0.2) is 0 Å². The lowest BCUT2D eigenvalue weighted by Gasteiger charge is -2.07. The number of nitrogens with one attached hydrogen (secondary N) is 1. The number of fused-ring (bicyclic) bond motifs is 1. The summed E-state index contributed by atoms with van der Waals surface area (Å²) < 4.78 is 10.5. The van der Waals surface area contributed by atoms with Gasteiger partial charge in [0.25, 0.3) is 0 Å². The van der Waals surface area contributed by atoms with E-state index in [0.717, 1.165) is 11.8 Å². The van der Waals surface area contributed by atoms with Crippen molar-refractivity contribution < 1.29 is 14.3 Å². The summed E-state index contributed by atoms with van der Waals surface area (Å²) in [7, 11) is 0. The molecular formula is C15H26N2O3. The van der Waals surface area contributed by atoms with E-state index in [9.17, 15) is 4.79 Å². The first-order chi connectivity index (χ1) is 9.83. The minimum atomic E-state index is -0.334. The van der Waals surface area contributed by atoms with E-state index in [1.54, 1.807) is 0 Å². The Morgan fingerprint density at radius 2 is 1.90 bits per heavy atom. The molecule has 20 heavy (non-hydrogen) atoms. The number of alkyl carbamates (subject to hydrolysis) is 1. The van der Waals surface area contributed by atoms with Crippen LogP contribution in [0.4, 0.5) is 4.79 Å². The van der Waals surface area contributed by atoms with Crippen LogP contribution >= 0.6 is 0 Å². The lowest BCUT2D eigenvalue weighted by Crippen LogP contribution is -2.29. The Morgan fingerprint density at radius 1 is 1.20 bits per heavy atom. The minimum Gasteiger partial charge on any atom is -0.449 e. The Balaban J connectivity index is 1.53. The van der Waals surface area contributed by atoms with Gasteiger partial charge >= 0.3 is 6.09 Å². The second-order valence-electron chi connectivity index (χ2n) is 5.54. The van der Waals surface area contributed by atoms with Crippen molar-refractivity contribution in [2.24, 2.45) is 23.5 Å². The van der Waals surface area contributed by atoms with Gasteiger partial charge in [0, 0.05) is 13.1 Å². The Morgan fingerprint density at radius 3 is 2.55 bits per heavy atom. The largest absolute Gasteiger partial charge is 0.449 e. The fraction of sp³-hybridized carbons (Fsp3) is 0.800. The van der Waals surface area contributed by atoms with Crippen molar-refractivity contribution in [1.29, 1.82) is 0 Å². The average Bonchev–Trinajstić information content (AvgIpc) is 3.06. The van der Waals surface area contributed by atoms with Gasteiger partial charge in [-0.25, -0.2) is 4.79 Å². The second kappa shape index (κ2) is 8.27. The highest BCUT2D eigenvalue weighted by molar-refractivity contribution is 5.67. The number of hydrogen-bond acceptors (Lipinski definition) is 4. The van der Waals surface area contributed by atoms with Crippen molar-refractivity contribution >= 4 is 6.09 Å². The number of hydrogen-bond donors (Lipinski definition) is 2. The molecule has 0 bridgehead atoms. The van der Waals surface area contributed by atoms with Gasteiger partial charge in [-0.15, -0.1) is 0 Å². The van der Waals surface area contributed by atoms with E-state index in [0.29, 0.717) is 38.8 Å². The van der Waals surface area contributed by atoms with Crippen LogP contribution in [0.1, 0.15) is 25.7 Å². The third-order valence-electron chi connectivity index (χ3n) is 4.19. The fourth-order valence-electron chi connectivity index (χ4n) is 3.07. The molecule has 5 nitrogen and oxygen atoms in total. The predicted octanol–water partition coefficient (Wildman–Crippen LogP) is 1.68. The maximum Gasteiger partial charge on any atom is 0.407 e. The maximum atomic E-state index is 11.5. The number of ether oxygens (including phenoxy) is 2. The van der Waals surface area contributed by atoms with E-state index in [2.05, 4.69) is 17.5 Å². The van der Waals surface area contributed by atoms with E-state index in [-0.39, 0.29) is 6.09 Å². The summed E-state index contributed by atoms with van der Waals surface area (Å²) >= 11 is 0. The highest BCUT2D eigenvalue weighted by Crippen LogP contribution is 2.52. The van der Waals surface area contributed by atoms with Gasteiger partial charge in [-0.3, -0.25) is 0 Å². The highest BCUT2D eigenvalue weighted by atomic mass is 16.5. The Bertz CT molecular complexity index is 317. The van der Waals surface area contributed by atoms with Crippen LogP contribution in [-0.4, -0.2) is 39.0 Å². The van der Waals surface area contributed by atoms with Crippen LogP contribution in [0, 0.1) is 17.8 Å². The molecule has 5 heteroatoms. The summed E-state index contributed by atoms with van der Waals surface area (Å²) in [6, 6.07) is 0. The molecule has 0 radical (unpaired) electrons. The molecule has 1 saturated carbocycles. The van der Waals surface area contributed by atoms with Crippen LogP contribution in [0.5, 0.6) is 0 Å². The quantitative estimate of drug-likeness (QED) is 0.550. The van der Waals surface area contributed by atoms with Crippen LogP contribution in [0.25, 0.3) is 0 Å². The molecule has 0 spiro atoms. The zero-order valence-corrected chi connectivity index (χ0v) is 12.1. The number of carbonyl (C=O) groups is 1. The first kappa shape index (κ1) is 15.3. The maximum absolute atomic E-state index is 11.5. The van der Waals surface area contributed by atoms with Gasteiger partial charge in [-0.1, -0.05) is 12.2 Å². The number of rotatable bonds is 7. The smallest absolute Gasteiger partial charge is 0.407 e. The number of amides is 1. The molecule has 1 amide bonds. The standard InChI is InChI=1S/C15H26N2O3/c16-7-9-19-10-8-17-15(18)20-11-14-12-5-3-1-2-4-6-13(12)14/h1-2,12-14H,3-11,16H2,(H,17,18)/b2-1-/t12-,13+,14-. The second-order valence-corrected chi connectivity index (χ2v) is 5.54. The Kier molecular flexibility index (Phi) is 6.33. The first-order valence-corrected chi connectivity index (χ1v) is 7.66. The van der Waals surface area contributed by atoms with Crippen molar-refractivity contribution in [3.8, 4) is 0 Å². The van der Waals surface area contributed by atoms with Crippen molar-refractivity contribution in [2.45, 2.75) is 25.7 Å². The summed E-state index contributed by atoms with van der Waals surface area (Å²) in [5.41, 5.74) is 5.30. The highest BCUT2D eigenvalue weighted by Gasteiger charge is 2.49. The van der Waals surface area contributed by atoms with Crippen molar-refractivity contribution in [2.75, 3.05) is 32.9 Å². The first-order valence-electron chi connectivity index (χ1n) is 7.66. The van der Waals surface area contributed by atoms with Gasteiger partial charge in [-0.2, -0.15) is 0 Å². The number of nitrogens with two attached hydrogens (primary N) is 1.